The van der Waals surface area contributed by atoms with Crippen LogP contribution in [0.25, 0.3) is 17.1 Å². The van der Waals surface area contributed by atoms with E-state index >= 15 is 0 Å². The first-order valence-corrected chi connectivity index (χ1v) is 10.4. The summed E-state index contributed by atoms with van der Waals surface area (Å²) in [6.45, 7) is 1.95. The van der Waals surface area contributed by atoms with Crippen LogP contribution >= 0.6 is 11.8 Å². The Morgan fingerprint density at radius 3 is 2.35 bits per heavy atom. The monoisotopic (exact) mass is 443 g/mol. The number of rotatable bonds is 5. The van der Waals surface area contributed by atoms with Crippen molar-refractivity contribution in [2.24, 2.45) is 0 Å². The number of hydrogen-bond donors (Lipinski definition) is 0. The minimum atomic E-state index is -4.39. The molecule has 0 amide bonds. The van der Waals surface area contributed by atoms with Gasteiger partial charge in [0.05, 0.1) is 11.3 Å². The van der Waals surface area contributed by atoms with Crippen LogP contribution in [0.5, 0.6) is 0 Å². The topological polar surface area (TPSA) is 30.7 Å². The molecule has 0 spiro atoms. The average Bonchev–Trinajstić information content (AvgIpc) is 3.16. The third-order valence-electron chi connectivity index (χ3n) is 4.71. The van der Waals surface area contributed by atoms with Crippen molar-refractivity contribution in [2.75, 3.05) is 0 Å². The summed E-state index contributed by atoms with van der Waals surface area (Å²) in [7, 11) is 0. The summed E-state index contributed by atoms with van der Waals surface area (Å²) in [6.07, 6.45) is -4.39. The predicted molar refractivity (Wildman–Crippen MR) is 112 cm³/mol. The van der Waals surface area contributed by atoms with E-state index in [9.17, 15) is 17.6 Å². The third-order valence-corrected chi connectivity index (χ3v) is 5.71. The van der Waals surface area contributed by atoms with Crippen LogP contribution in [0.1, 0.15) is 16.7 Å². The van der Waals surface area contributed by atoms with Gasteiger partial charge in [-0.1, -0.05) is 48.2 Å². The number of para-hydroxylation sites is 1. The lowest BCUT2D eigenvalue weighted by atomic mass is 10.1. The van der Waals surface area contributed by atoms with Gasteiger partial charge in [0.25, 0.3) is 0 Å². The van der Waals surface area contributed by atoms with Crippen molar-refractivity contribution in [1.29, 1.82) is 0 Å². The molecule has 0 fully saturated rings. The molecule has 0 aliphatic rings. The van der Waals surface area contributed by atoms with E-state index in [1.165, 1.54) is 30.0 Å². The molecule has 0 radical (unpaired) electrons. The molecule has 1 heterocycles. The zero-order valence-corrected chi connectivity index (χ0v) is 17.2. The van der Waals surface area contributed by atoms with Crippen molar-refractivity contribution in [3.05, 3.63) is 95.3 Å². The van der Waals surface area contributed by atoms with Gasteiger partial charge in [-0.2, -0.15) is 13.2 Å². The lowest BCUT2D eigenvalue weighted by molar-refractivity contribution is -0.137. The van der Waals surface area contributed by atoms with Gasteiger partial charge in [0.1, 0.15) is 5.82 Å². The molecule has 4 aromatic rings. The molecule has 158 valence electrons. The molecular weight excluding hydrogens is 426 g/mol. The molecule has 0 bridgehead atoms. The van der Waals surface area contributed by atoms with E-state index in [2.05, 4.69) is 10.2 Å². The van der Waals surface area contributed by atoms with Crippen molar-refractivity contribution in [3.8, 4) is 17.1 Å². The van der Waals surface area contributed by atoms with Gasteiger partial charge in [0.2, 0.25) is 0 Å². The molecule has 0 saturated heterocycles. The van der Waals surface area contributed by atoms with Crippen molar-refractivity contribution in [1.82, 2.24) is 14.8 Å². The molecule has 0 saturated carbocycles. The first-order valence-electron chi connectivity index (χ1n) is 9.39. The quantitative estimate of drug-likeness (QED) is 0.254. The number of alkyl halides is 3. The first kappa shape index (κ1) is 21.1. The SMILES string of the molecule is Cc1ccccc1-n1c(SCc2cccc(C(F)(F)F)c2)nnc1-c1ccc(F)cc1. The first-order chi connectivity index (χ1) is 14.8. The van der Waals surface area contributed by atoms with Crippen molar-refractivity contribution < 1.29 is 17.6 Å². The Hall–Kier alpha value is -3.13. The number of benzene rings is 3. The lowest BCUT2D eigenvalue weighted by Gasteiger charge is -2.13. The van der Waals surface area contributed by atoms with Gasteiger partial charge in [0.15, 0.2) is 11.0 Å². The van der Waals surface area contributed by atoms with Gasteiger partial charge in [-0.15, -0.1) is 10.2 Å². The summed E-state index contributed by atoms with van der Waals surface area (Å²) in [5.41, 5.74) is 2.36. The molecule has 4 rings (SSSR count). The highest BCUT2D eigenvalue weighted by Crippen LogP contribution is 2.33. The largest absolute Gasteiger partial charge is 0.416 e. The minimum Gasteiger partial charge on any atom is -0.270 e. The molecule has 0 aliphatic heterocycles. The van der Waals surface area contributed by atoms with Crippen LogP contribution in [-0.2, 0) is 11.9 Å². The Morgan fingerprint density at radius 2 is 1.65 bits per heavy atom. The van der Waals surface area contributed by atoms with E-state index in [-0.39, 0.29) is 11.6 Å². The summed E-state index contributed by atoms with van der Waals surface area (Å²) in [4.78, 5) is 0. The van der Waals surface area contributed by atoms with Gasteiger partial charge < -0.3 is 0 Å². The average molecular weight is 443 g/mol. The molecule has 0 atom stereocenters. The fourth-order valence-corrected chi connectivity index (χ4v) is 4.05. The zero-order chi connectivity index (χ0) is 22.0. The minimum absolute atomic E-state index is 0.289. The summed E-state index contributed by atoms with van der Waals surface area (Å²) < 4.78 is 54.3. The fraction of sp³-hybridized carbons (Fsp3) is 0.130. The highest BCUT2D eigenvalue weighted by molar-refractivity contribution is 7.98. The van der Waals surface area contributed by atoms with Gasteiger partial charge in [-0.3, -0.25) is 4.57 Å². The van der Waals surface area contributed by atoms with Crippen molar-refractivity contribution >= 4 is 11.8 Å². The molecule has 3 aromatic carbocycles. The predicted octanol–water partition coefficient (Wildman–Crippen LogP) is 6.69. The summed E-state index contributed by atoms with van der Waals surface area (Å²) in [5.74, 6) is 0.461. The lowest BCUT2D eigenvalue weighted by Crippen LogP contribution is -2.05. The highest BCUT2D eigenvalue weighted by Gasteiger charge is 2.30. The standard InChI is InChI=1S/C23H17F4N3S/c1-15-5-2-3-8-20(15)30-21(17-9-11-19(24)12-10-17)28-29-22(30)31-14-16-6-4-7-18(13-16)23(25,26)27/h2-13H,14H2,1H3. The van der Waals surface area contributed by atoms with E-state index < -0.39 is 11.7 Å². The van der Waals surface area contributed by atoms with E-state index in [0.29, 0.717) is 22.1 Å². The van der Waals surface area contributed by atoms with E-state index in [1.54, 1.807) is 18.2 Å². The van der Waals surface area contributed by atoms with Crippen molar-refractivity contribution in [3.63, 3.8) is 0 Å². The van der Waals surface area contributed by atoms with Crippen LogP contribution < -0.4 is 0 Å². The number of hydrogen-bond acceptors (Lipinski definition) is 3. The number of thioether (sulfide) groups is 1. The highest BCUT2D eigenvalue weighted by atomic mass is 32.2. The Morgan fingerprint density at radius 1 is 0.903 bits per heavy atom. The maximum absolute atomic E-state index is 13.4. The number of nitrogens with zero attached hydrogens (tertiary/aromatic N) is 3. The Bertz CT molecular complexity index is 1200. The van der Waals surface area contributed by atoms with Crippen LogP contribution in [0.15, 0.2) is 78.0 Å². The van der Waals surface area contributed by atoms with Crippen LogP contribution in [0, 0.1) is 12.7 Å². The second-order valence-corrected chi connectivity index (χ2v) is 7.86. The van der Waals surface area contributed by atoms with Crippen LogP contribution in [0.4, 0.5) is 17.6 Å². The number of aromatic nitrogens is 3. The molecule has 3 nitrogen and oxygen atoms in total. The van der Waals surface area contributed by atoms with Crippen LogP contribution in [0.3, 0.4) is 0 Å². The summed E-state index contributed by atoms with van der Waals surface area (Å²) in [5, 5.41) is 9.10. The maximum Gasteiger partial charge on any atom is 0.416 e. The number of aryl methyl sites for hydroxylation is 1. The fourth-order valence-electron chi connectivity index (χ4n) is 3.17. The second-order valence-electron chi connectivity index (χ2n) is 6.92. The smallest absolute Gasteiger partial charge is 0.270 e. The normalized spacial score (nSPS) is 11.6. The zero-order valence-electron chi connectivity index (χ0n) is 16.4. The van der Waals surface area contributed by atoms with Gasteiger partial charge >= 0.3 is 6.18 Å². The number of halogens is 4. The second kappa shape index (κ2) is 8.55. The molecular formula is C23H17F4N3S. The van der Waals surface area contributed by atoms with E-state index in [0.717, 1.165) is 23.4 Å². The van der Waals surface area contributed by atoms with Crippen LogP contribution in [0.2, 0.25) is 0 Å². The molecule has 0 unspecified atom stereocenters. The van der Waals surface area contributed by atoms with Gasteiger partial charge in [0, 0.05) is 11.3 Å². The molecule has 8 heteroatoms. The summed E-state index contributed by atoms with van der Waals surface area (Å²) >= 11 is 1.29. The summed E-state index contributed by atoms with van der Waals surface area (Å²) in [6, 6.07) is 18.8. The molecule has 0 N–H and O–H groups in total. The molecule has 1 aromatic heterocycles. The Labute approximate surface area is 180 Å². The van der Waals surface area contributed by atoms with E-state index in [4.69, 9.17) is 0 Å². The van der Waals surface area contributed by atoms with Crippen LogP contribution in [-0.4, -0.2) is 14.8 Å². The van der Waals surface area contributed by atoms with Gasteiger partial charge in [-0.05, 0) is 54.4 Å². The van der Waals surface area contributed by atoms with E-state index in [1.807, 2.05) is 35.8 Å². The Kier molecular flexibility index (Phi) is 5.82. The van der Waals surface area contributed by atoms with Gasteiger partial charge in [-0.25, -0.2) is 4.39 Å². The maximum atomic E-state index is 13.4. The van der Waals surface area contributed by atoms with Crippen molar-refractivity contribution in [2.45, 2.75) is 24.0 Å². The Balaban J connectivity index is 1.72. The molecule has 31 heavy (non-hydrogen) atoms. The molecule has 0 aliphatic carbocycles. The third kappa shape index (κ3) is 4.64.